The molecule has 0 amide bonds. The monoisotopic (exact) mass is 326 g/mol. The van der Waals surface area contributed by atoms with Crippen molar-refractivity contribution in [2.24, 2.45) is 5.41 Å². The van der Waals surface area contributed by atoms with Crippen molar-refractivity contribution in [2.75, 3.05) is 19.9 Å². The molecule has 0 saturated heterocycles. The normalized spacial score (nSPS) is 22.2. The van der Waals surface area contributed by atoms with Crippen molar-refractivity contribution in [2.45, 2.75) is 53.9 Å². The highest BCUT2D eigenvalue weighted by atomic mass is 31.2. The van der Waals surface area contributed by atoms with E-state index in [9.17, 15) is 4.57 Å². The second-order valence-electron chi connectivity index (χ2n) is 6.61. The highest BCUT2D eigenvalue weighted by Crippen LogP contribution is 2.47. The van der Waals surface area contributed by atoms with Crippen LogP contribution in [0.4, 0.5) is 0 Å². The Morgan fingerprint density at radius 3 is 2.64 bits per heavy atom. The lowest BCUT2D eigenvalue weighted by Gasteiger charge is -2.32. The summed E-state index contributed by atoms with van der Waals surface area (Å²) in [7, 11) is -1.53. The van der Waals surface area contributed by atoms with Gasteiger partial charge in [0, 0.05) is 7.11 Å². The van der Waals surface area contributed by atoms with Gasteiger partial charge in [-0.05, 0) is 51.0 Å². The van der Waals surface area contributed by atoms with Gasteiger partial charge in [-0.15, -0.1) is 0 Å². The number of hydrogen-bond donors (Lipinski definition) is 0. The summed E-state index contributed by atoms with van der Waals surface area (Å²) < 4.78 is 22.5. The van der Waals surface area contributed by atoms with Crippen LogP contribution in [0.5, 0.6) is 0 Å². The third kappa shape index (κ3) is 5.53. The summed E-state index contributed by atoms with van der Waals surface area (Å²) >= 11 is 0. The molecule has 1 rings (SSSR count). The lowest BCUT2D eigenvalue weighted by atomic mass is 9.72. The van der Waals surface area contributed by atoms with Gasteiger partial charge < -0.3 is 9.05 Å². The summed E-state index contributed by atoms with van der Waals surface area (Å²) in [6.45, 7) is 11.1. The zero-order valence-corrected chi connectivity index (χ0v) is 15.8. The molecule has 0 heterocycles. The Balaban J connectivity index is 2.81. The summed E-state index contributed by atoms with van der Waals surface area (Å²) in [6.07, 6.45) is 10.3. The van der Waals surface area contributed by atoms with Gasteiger partial charge in [0.05, 0.1) is 12.8 Å². The van der Waals surface area contributed by atoms with Gasteiger partial charge in [0.25, 0.3) is 0 Å². The first kappa shape index (κ1) is 19.4. The average molecular weight is 326 g/mol. The maximum Gasteiger partial charge on any atom is 0.334 e. The van der Waals surface area contributed by atoms with E-state index in [1.165, 1.54) is 37.5 Å². The average Bonchev–Trinajstić information content (AvgIpc) is 2.44. The smallest absolute Gasteiger partial charge is 0.312 e. The number of allylic oxidation sites excluding steroid dienone is 6. The number of hydrogen-bond acceptors (Lipinski definition) is 3. The first-order valence-corrected chi connectivity index (χ1v) is 9.81. The third-order valence-corrected chi connectivity index (χ3v) is 6.13. The molecule has 126 valence electrons. The molecule has 0 bridgehead atoms. The van der Waals surface area contributed by atoms with E-state index in [0.717, 1.165) is 5.57 Å². The van der Waals surface area contributed by atoms with Gasteiger partial charge in [-0.3, -0.25) is 4.57 Å². The summed E-state index contributed by atoms with van der Waals surface area (Å²) in [5, 5.41) is 0. The Morgan fingerprint density at radius 1 is 1.41 bits per heavy atom. The van der Waals surface area contributed by atoms with E-state index in [2.05, 4.69) is 32.9 Å². The van der Waals surface area contributed by atoms with E-state index >= 15 is 0 Å². The molecule has 0 aromatic heterocycles. The minimum Gasteiger partial charge on any atom is -0.312 e. The van der Waals surface area contributed by atoms with E-state index in [-0.39, 0.29) is 5.41 Å². The van der Waals surface area contributed by atoms with Crippen molar-refractivity contribution < 1.29 is 13.6 Å². The van der Waals surface area contributed by atoms with Gasteiger partial charge in [0.1, 0.15) is 0 Å². The molecule has 1 unspecified atom stereocenters. The molecule has 0 spiro atoms. The third-order valence-electron chi connectivity index (χ3n) is 4.30. The number of rotatable bonds is 7. The van der Waals surface area contributed by atoms with Gasteiger partial charge in [0.2, 0.25) is 0 Å². The predicted molar refractivity (Wildman–Crippen MR) is 94.3 cm³/mol. The quantitative estimate of drug-likeness (QED) is 0.432. The fourth-order valence-corrected chi connectivity index (χ4v) is 4.19. The van der Waals surface area contributed by atoms with Gasteiger partial charge >= 0.3 is 7.60 Å². The Morgan fingerprint density at radius 2 is 2.09 bits per heavy atom. The molecule has 22 heavy (non-hydrogen) atoms. The van der Waals surface area contributed by atoms with Gasteiger partial charge in [-0.25, -0.2) is 0 Å². The van der Waals surface area contributed by atoms with Gasteiger partial charge in [-0.1, -0.05) is 43.2 Å². The topological polar surface area (TPSA) is 35.5 Å². The lowest BCUT2D eigenvalue weighted by molar-refractivity contribution is 0.247. The second kappa shape index (κ2) is 8.29. The van der Waals surface area contributed by atoms with Crippen LogP contribution in [0.25, 0.3) is 0 Å². The molecule has 0 aromatic carbocycles. The zero-order chi connectivity index (χ0) is 16.8. The summed E-state index contributed by atoms with van der Waals surface area (Å²) in [6, 6.07) is 0. The van der Waals surface area contributed by atoms with E-state index in [1.807, 2.05) is 19.9 Å². The van der Waals surface area contributed by atoms with Crippen molar-refractivity contribution in [3.63, 3.8) is 0 Å². The minimum atomic E-state index is -2.97. The molecule has 0 aromatic rings. The van der Waals surface area contributed by atoms with Crippen LogP contribution in [-0.2, 0) is 13.6 Å². The van der Waals surface area contributed by atoms with Crippen molar-refractivity contribution in [3.05, 3.63) is 34.9 Å². The Hall–Kier alpha value is -0.630. The fraction of sp³-hybridized carbons (Fsp3) is 0.667. The van der Waals surface area contributed by atoms with Crippen molar-refractivity contribution in [3.8, 4) is 0 Å². The zero-order valence-electron chi connectivity index (χ0n) is 14.9. The van der Waals surface area contributed by atoms with Crippen LogP contribution < -0.4 is 0 Å². The summed E-state index contributed by atoms with van der Waals surface area (Å²) in [5.74, 6) is 0. The van der Waals surface area contributed by atoms with Crippen LogP contribution in [0, 0.1) is 5.41 Å². The lowest BCUT2D eigenvalue weighted by Crippen LogP contribution is -2.19. The van der Waals surface area contributed by atoms with E-state index < -0.39 is 7.60 Å². The van der Waals surface area contributed by atoms with Crippen molar-refractivity contribution in [1.29, 1.82) is 0 Å². The molecule has 1 aliphatic rings. The maximum absolute atomic E-state index is 12.2. The van der Waals surface area contributed by atoms with Gasteiger partial charge in [-0.2, -0.15) is 0 Å². The minimum absolute atomic E-state index is 0.242. The molecule has 0 radical (unpaired) electrons. The molecule has 1 aliphatic carbocycles. The van der Waals surface area contributed by atoms with Crippen LogP contribution in [0.1, 0.15) is 53.9 Å². The predicted octanol–water partition coefficient (Wildman–Crippen LogP) is 5.89. The molecular formula is C18H31O3P. The van der Waals surface area contributed by atoms with Crippen LogP contribution in [0.15, 0.2) is 34.9 Å². The molecule has 0 aliphatic heterocycles. The van der Waals surface area contributed by atoms with Crippen molar-refractivity contribution >= 4 is 7.60 Å². The molecule has 1 atom stereocenters. The van der Waals surface area contributed by atoms with Gasteiger partial charge in [0.15, 0.2) is 0 Å². The Bertz CT molecular complexity index is 512. The molecular weight excluding hydrogens is 295 g/mol. The van der Waals surface area contributed by atoms with Crippen molar-refractivity contribution in [1.82, 2.24) is 0 Å². The summed E-state index contributed by atoms with van der Waals surface area (Å²) in [5.41, 5.74) is 4.24. The first-order chi connectivity index (χ1) is 10.2. The first-order valence-electron chi connectivity index (χ1n) is 8.08. The van der Waals surface area contributed by atoms with Crippen LogP contribution in [0.3, 0.4) is 0 Å². The molecule has 3 nitrogen and oxygen atoms in total. The SMILES string of the molecule is CCOP(=O)(CC=C(C)C=CC1=C(C)CCCC1(C)C)OC. The van der Waals surface area contributed by atoms with Crippen LogP contribution in [-0.4, -0.2) is 19.9 Å². The maximum atomic E-state index is 12.2. The van der Waals surface area contributed by atoms with E-state index in [0.29, 0.717) is 12.8 Å². The molecule has 0 N–H and O–H groups in total. The van der Waals surface area contributed by atoms with E-state index in [1.54, 1.807) is 0 Å². The largest absolute Gasteiger partial charge is 0.334 e. The molecule has 0 saturated carbocycles. The Labute approximate surface area is 136 Å². The summed E-state index contributed by atoms with van der Waals surface area (Å²) in [4.78, 5) is 0. The highest BCUT2D eigenvalue weighted by Gasteiger charge is 2.26. The molecule has 0 fully saturated rings. The van der Waals surface area contributed by atoms with Crippen LogP contribution >= 0.6 is 7.60 Å². The standard InChI is InChI=1S/C18H31O3P/c1-7-21-22(19,20-6)14-12-15(2)10-11-17-16(3)9-8-13-18(17,4)5/h10-12H,7-9,13-14H2,1-6H3. The van der Waals surface area contributed by atoms with Crippen LogP contribution in [0.2, 0.25) is 0 Å². The second-order valence-corrected chi connectivity index (χ2v) is 8.82. The van der Waals surface area contributed by atoms with E-state index in [4.69, 9.17) is 9.05 Å². The molecule has 4 heteroatoms. The Kier molecular flexibility index (Phi) is 7.31. The highest BCUT2D eigenvalue weighted by molar-refractivity contribution is 7.54. The fourth-order valence-electron chi connectivity index (χ4n) is 2.93.